The average Bonchev–Trinajstić information content (AvgIpc) is 2.46. The van der Waals surface area contributed by atoms with Crippen LogP contribution in [-0.4, -0.2) is 17.7 Å². The minimum Gasteiger partial charge on any atom is -0.476 e. The van der Waals surface area contributed by atoms with Crippen LogP contribution >= 0.6 is 0 Å². The fourth-order valence-electron chi connectivity index (χ4n) is 1.90. The zero-order valence-corrected chi connectivity index (χ0v) is 11.2. The van der Waals surface area contributed by atoms with E-state index in [0.29, 0.717) is 13.0 Å². The maximum absolute atomic E-state index is 13.1. The fraction of sp³-hybridized carbons (Fsp3) is 0.267. The molecule has 0 fully saturated rings. The lowest BCUT2D eigenvalue weighted by Crippen LogP contribution is -2.26. The quantitative estimate of drug-likeness (QED) is 0.921. The highest BCUT2D eigenvalue weighted by molar-refractivity contribution is 5.29. The second-order valence-corrected chi connectivity index (χ2v) is 4.50. The van der Waals surface area contributed by atoms with E-state index < -0.39 is 12.3 Å². The molecule has 1 aromatic heterocycles. The summed E-state index contributed by atoms with van der Waals surface area (Å²) in [5.41, 5.74) is 6.40. The summed E-state index contributed by atoms with van der Waals surface area (Å²) in [5.74, 6) is 0.162. The van der Waals surface area contributed by atoms with E-state index in [2.05, 4.69) is 4.98 Å². The van der Waals surface area contributed by atoms with Crippen molar-refractivity contribution < 1.29 is 17.9 Å². The zero-order valence-electron chi connectivity index (χ0n) is 11.2. The Morgan fingerprint density at radius 1 is 1.05 bits per heavy atom. The molecule has 0 aliphatic heterocycles. The number of benzene rings is 1. The van der Waals surface area contributed by atoms with Gasteiger partial charge in [-0.2, -0.15) is 13.2 Å². The molecule has 21 heavy (non-hydrogen) atoms. The van der Waals surface area contributed by atoms with Gasteiger partial charge in [-0.1, -0.05) is 12.1 Å². The summed E-state index contributed by atoms with van der Waals surface area (Å²) in [7, 11) is 0. The monoisotopic (exact) mass is 296 g/mol. The number of hydrogen-bond donors (Lipinski definition) is 1. The number of ether oxygens (including phenoxy) is 1. The molecular formula is C15H15F3N2O. The van der Waals surface area contributed by atoms with E-state index in [9.17, 15) is 13.2 Å². The molecule has 1 aromatic carbocycles. The maximum Gasteiger partial charge on any atom is 0.429 e. The van der Waals surface area contributed by atoms with E-state index in [-0.39, 0.29) is 11.3 Å². The number of nitrogens with two attached hydrogens (primary N) is 1. The first-order valence-electron chi connectivity index (χ1n) is 6.43. The summed E-state index contributed by atoms with van der Waals surface area (Å²) in [5, 5.41) is 0. The molecule has 0 saturated carbocycles. The number of aromatic nitrogens is 1. The molecule has 0 amide bonds. The van der Waals surface area contributed by atoms with Crippen LogP contribution in [0, 0.1) is 0 Å². The molecule has 0 spiro atoms. The predicted molar refractivity (Wildman–Crippen MR) is 72.9 cm³/mol. The molecule has 1 heterocycles. The van der Waals surface area contributed by atoms with Gasteiger partial charge in [-0.3, -0.25) is 4.98 Å². The Hall–Kier alpha value is -2.08. The fourth-order valence-corrected chi connectivity index (χ4v) is 1.90. The molecule has 3 nitrogen and oxygen atoms in total. The van der Waals surface area contributed by atoms with Crippen molar-refractivity contribution in [2.45, 2.75) is 18.7 Å². The van der Waals surface area contributed by atoms with Gasteiger partial charge in [-0.15, -0.1) is 0 Å². The van der Waals surface area contributed by atoms with Crippen LogP contribution in [0.2, 0.25) is 0 Å². The second-order valence-electron chi connectivity index (χ2n) is 4.50. The van der Waals surface area contributed by atoms with Crippen LogP contribution in [0.15, 0.2) is 48.8 Å². The van der Waals surface area contributed by atoms with Crippen molar-refractivity contribution in [2.75, 3.05) is 6.54 Å². The Balaban J connectivity index is 2.20. The zero-order chi connectivity index (χ0) is 15.3. The van der Waals surface area contributed by atoms with E-state index >= 15 is 0 Å². The molecule has 2 rings (SSSR count). The Morgan fingerprint density at radius 2 is 1.67 bits per heavy atom. The van der Waals surface area contributed by atoms with E-state index in [1.54, 1.807) is 12.1 Å². The molecule has 1 unspecified atom stereocenters. The van der Waals surface area contributed by atoms with Gasteiger partial charge in [0.1, 0.15) is 5.75 Å². The van der Waals surface area contributed by atoms with Crippen LogP contribution < -0.4 is 10.5 Å². The summed E-state index contributed by atoms with van der Waals surface area (Å²) >= 11 is 0. The van der Waals surface area contributed by atoms with Gasteiger partial charge >= 0.3 is 6.18 Å². The Morgan fingerprint density at radius 3 is 2.19 bits per heavy atom. The third kappa shape index (κ3) is 4.19. The van der Waals surface area contributed by atoms with Crippen molar-refractivity contribution in [3.8, 4) is 5.75 Å². The summed E-state index contributed by atoms with van der Waals surface area (Å²) < 4.78 is 44.5. The summed E-state index contributed by atoms with van der Waals surface area (Å²) in [6, 6.07) is 9.04. The molecule has 2 aromatic rings. The normalized spacial score (nSPS) is 13.0. The standard InChI is InChI=1S/C15H15F3N2O/c16-15(17,18)14(12-6-9-20-10-7-12)21-13-3-1-11(2-4-13)5-8-19/h1-4,6-7,9-10,14H,5,8,19H2. The van der Waals surface area contributed by atoms with Gasteiger partial charge in [0, 0.05) is 18.0 Å². The molecule has 0 radical (unpaired) electrons. The van der Waals surface area contributed by atoms with Crippen molar-refractivity contribution in [3.05, 3.63) is 59.9 Å². The van der Waals surface area contributed by atoms with E-state index in [1.165, 1.54) is 36.7 Å². The van der Waals surface area contributed by atoms with Gasteiger partial charge in [0.05, 0.1) is 0 Å². The first-order valence-corrected chi connectivity index (χ1v) is 6.43. The van der Waals surface area contributed by atoms with Crippen molar-refractivity contribution in [1.29, 1.82) is 0 Å². The largest absolute Gasteiger partial charge is 0.476 e. The Labute approximate surface area is 120 Å². The van der Waals surface area contributed by atoms with Crippen molar-refractivity contribution >= 4 is 0 Å². The van der Waals surface area contributed by atoms with Gasteiger partial charge in [0.25, 0.3) is 0 Å². The minimum atomic E-state index is -4.50. The first kappa shape index (κ1) is 15.3. The van der Waals surface area contributed by atoms with Gasteiger partial charge in [0.15, 0.2) is 0 Å². The van der Waals surface area contributed by atoms with E-state index in [4.69, 9.17) is 10.5 Å². The molecule has 0 bridgehead atoms. The highest BCUT2D eigenvalue weighted by atomic mass is 19.4. The van der Waals surface area contributed by atoms with Crippen LogP contribution in [0.1, 0.15) is 17.2 Å². The summed E-state index contributed by atoms with van der Waals surface area (Å²) in [6.45, 7) is 0.488. The van der Waals surface area contributed by atoms with Gasteiger partial charge in [-0.25, -0.2) is 0 Å². The van der Waals surface area contributed by atoms with Crippen molar-refractivity contribution in [2.24, 2.45) is 5.73 Å². The average molecular weight is 296 g/mol. The summed E-state index contributed by atoms with van der Waals surface area (Å²) in [6.07, 6.45) is -3.23. The third-order valence-corrected chi connectivity index (χ3v) is 2.92. The van der Waals surface area contributed by atoms with Crippen LogP contribution in [-0.2, 0) is 6.42 Å². The highest BCUT2D eigenvalue weighted by Gasteiger charge is 2.43. The SMILES string of the molecule is NCCc1ccc(OC(c2ccncc2)C(F)(F)F)cc1. The molecular weight excluding hydrogens is 281 g/mol. The molecule has 2 N–H and O–H groups in total. The lowest BCUT2D eigenvalue weighted by molar-refractivity contribution is -0.198. The van der Waals surface area contributed by atoms with Crippen LogP contribution in [0.5, 0.6) is 5.75 Å². The van der Waals surface area contributed by atoms with Gasteiger partial charge < -0.3 is 10.5 Å². The van der Waals surface area contributed by atoms with Gasteiger partial charge in [-0.05, 0) is 42.8 Å². The topological polar surface area (TPSA) is 48.1 Å². The van der Waals surface area contributed by atoms with Crippen LogP contribution in [0.3, 0.4) is 0 Å². The third-order valence-electron chi connectivity index (χ3n) is 2.92. The summed E-state index contributed by atoms with van der Waals surface area (Å²) in [4.78, 5) is 3.71. The smallest absolute Gasteiger partial charge is 0.429 e. The molecule has 6 heteroatoms. The number of hydrogen-bond acceptors (Lipinski definition) is 3. The number of rotatable bonds is 5. The van der Waals surface area contributed by atoms with E-state index in [0.717, 1.165) is 5.56 Å². The van der Waals surface area contributed by atoms with E-state index in [1.807, 2.05) is 0 Å². The Kier molecular flexibility index (Phi) is 4.80. The number of alkyl halides is 3. The molecule has 112 valence electrons. The van der Waals surface area contributed by atoms with Crippen molar-refractivity contribution in [3.63, 3.8) is 0 Å². The molecule has 0 aliphatic carbocycles. The number of halogens is 3. The number of pyridine rings is 1. The Bertz CT molecular complexity index is 555. The molecule has 0 saturated heterocycles. The molecule has 0 aliphatic rings. The maximum atomic E-state index is 13.1. The first-order chi connectivity index (χ1) is 10.0. The lowest BCUT2D eigenvalue weighted by atomic mass is 10.1. The minimum absolute atomic E-state index is 0.0172. The van der Waals surface area contributed by atoms with Crippen LogP contribution in [0.25, 0.3) is 0 Å². The van der Waals surface area contributed by atoms with Gasteiger partial charge in [0.2, 0.25) is 6.10 Å². The molecule has 1 atom stereocenters. The number of nitrogens with zero attached hydrogens (tertiary/aromatic N) is 1. The second kappa shape index (κ2) is 6.58. The lowest BCUT2D eigenvalue weighted by Gasteiger charge is -2.22. The van der Waals surface area contributed by atoms with Crippen LogP contribution in [0.4, 0.5) is 13.2 Å². The van der Waals surface area contributed by atoms with Crippen molar-refractivity contribution in [1.82, 2.24) is 4.98 Å². The highest BCUT2D eigenvalue weighted by Crippen LogP contribution is 2.36. The predicted octanol–water partition coefficient (Wildman–Crippen LogP) is 3.27.